The van der Waals surface area contributed by atoms with Gasteiger partial charge < -0.3 is 0 Å². The monoisotopic (exact) mass is 214 g/mol. The van der Waals surface area contributed by atoms with E-state index in [0.29, 0.717) is 6.42 Å². The van der Waals surface area contributed by atoms with Gasteiger partial charge >= 0.3 is 0 Å². The van der Waals surface area contributed by atoms with Crippen LogP contribution in [0.1, 0.15) is 17.5 Å². The van der Waals surface area contributed by atoms with E-state index in [1.54, 1.807) is 6.08 Å². The Hall–Kier alpha value is -1.63. The van der Waals surface area contributed by atoms with Gasteiger partial charge in [0.15, 0.2) is 0 Å². The Balaban J connectivity index is 2.08. The number of benzene rings is 1. The van der Waals surface area contributed by atoms with Gasteiger partial charge in [-0.05, 0) is 43.1 Å². The maximum Gasteiger partial charge on any atom is 0.119 e. The average Bonchev–Trinajstić information content (AvgIpc) is 2.47. The third-order valence-electron chi connectivity index (χ3n) is 2.68. The normalized spacial score (nSPS) is 15.4. The molecule has 1 aliphatic carbocycles. The summed E-state index contributed by atoms with van der Waals surface area (Å²) in [6, 6.07) is 8.46. The molecule has 0 aliphatic heterocycles. The number of aryl methyl sites for hydroxylation is 1. The van der Waals surface area contributed by atoms with Crippen LogP contribution in [0, 0.1) is 6.92 Å². The molecule has 0 aromatic heterocycles. The molecule has 0 spiro atoms. The van der Waals surface area contributed by atoms with E-state index in [0.717, 1.165) is 6.42 Å². The lowest BCUT2D eigenvalue weighted by molar-refractivity contribution is 0.663. The summed E-state index contributed by atoms with van der Waals surface area (Å²) in [6.45, 7) is 2.08. The molecule has 0 saturated carbocycles. The highest BCUT2D eigenvalue weighted by Crippen LogP contribution is 2.16. The minimum atomic E-state index is -0.143. The molecule has 1 aliphatic rings. The first-order valence-electron chi connectivity index (χ1n) is 5.52. The molecule has 0 nitrogen and oxygen atoms in total. The lowest BCUT2D eigenvalue weighted by atomic mass is 10.0. The SMILES string of the molecule is Cc1ccc(CC2=CCC=C(F)C=C2)cc1. The van der Waals surface area contributed by atoms with Crippen molar-refractivity contribution in [3.63, 3.8) is 0 Å². The molecule has 0 amide bonds. The van der Waals surface area contributed by atoms with Crippen molar-refractivity contribution in [3.05, 3.63) is 71.1 Å². The predicted molar refractivity (Wildman–Crippen MR) is 65.9 cm³/mol. The van der Waals surface area contributed by atoms with Crippen molar-refractivity contribution < 1.29 is 4.39 Å². The van der Waals surface area contributed by atoms with E-state index < -0.39 is 0 Å². The Bertz CT molecular complexity index is 447. The van der Waals surface area contributed by atoms with Gasteiger partial charge in [0.05, 0.1) is 0 Å². The van der Waals surface area contributed by atoms with Gasteiger partial charge in [-0.3, -0.25) is 0 Å². The summed E-state index contributed by atoms with van der Waals surface area (Å²) in [5.41, 5.74) is 3.71. The Morgan fingerprint density at radius 3 is 2.56 bits per heavy atom. The first kappa shape index (κ1) is 10.9. The average molecular weight is 214 g/mol. The Labute approximate surface area is 95.8 Å². The molecule has 1 aromatic carbocycles. The Morgan fingerprint density at radius 2 is 1.81 bits per heavy atom. The van der Waals surface area contributed by atoms with Crippen molar-refractivity contribution in [2.45, 2.75) is 19.8 Å². The second-order valence-electron chi connectivity index (χ2n) is 4.10. The van der Waals surface area contributed by atoms with Crippen LogP contribution in [0.5, 0.6) is 0 Å². The lowest BCUT2D eigenvalue weighted by Crippen LogP contribution is -1.87. The van der Waals surface area contributed by atoms with Crippen LogP contribution in [0.15, 0.2) is 60.0 Å². The number of hydrogen-bond donors (Lipinski definition) is 0. The summed E-state index contributed by atoms with van der Waals surface area (Å²) in [5, 5.41) is 0. The molecule has 16 heavy (non-hydrogen) atoms. The summed E-state index contributed by atoms with van der Waals surface area (Å²) in [5.74, 6) is -0.143. The summed E-state index contributed by atoms with van der Waals surface area (Å²) >= 11 is 0. The van der Waals surface area contributed by atoms with Crippen molar-refractivity contribution in [3.8, 4) is 0 Å². The van der Waals surface area contributed by atoms with Gasteiger partial charge in [-0.15, -0.1) is 0 Å². The standard InChI is InChI=1S/C15H15F/c1-12-5-7-14(8-6-12)11-13-3-2-4-15(16)10-9-13/h3-10H,2,11H2,1H3. The molecule has 0 saturated heterocycles. The summed E-state index contributed by atoms with van der Waals surface area (Å²) in [4.78, 5) is 0. The summed E-state index contributed by atoms with van der Waals surface area (Å²) < 4.78 is 12.9. The molecular formula is C15H15F. The van der Waals surface area contributed by atoms with E-state index in [-0.39, 0.29) is 5.83 Å². The number of halogens is 1. The summed E-state index contributed by atoms with van der Waals surface area (Å²) in [7, 11) is 0. The molecule has 0 unspecified atom stereocenters. The third kappa shape index (κ3) is 2.93. The van der Waals surface area contributed by atoms with Gasteiger partial charge in [0.1, 0.15) is 5.83 Å². The molecular weight excluding hydrogens is 199 g/mol. The Kier molecular flexibility index (Phi) is 3.35. The Morgan fingerprint density at radius 1 is 1.06 bits per heavy atom. The second-order valence-corrected chi connectivity index (χ2v) is 4.10. The molecule has 82 valence electrons. The van der Waals surface area contributed by atoms with E-state index in [1.165, 1.54) is 22.8 Å². The minimum absolute atomic E-state index is 0.143. The van der Waals surface area contributed by atoms with Crippen molar-refractivity contribution in [2.75, 3.05) is 0 Å². The van der Waals surface area contributed by atoms with Gasteiger partial charge in [-0.2, -0.15) is 0 Å². The van der Waals surface area contributed by atoms with Crippen molar-refractivity contribution in [2.24, 2.45) is 0 Å². The van der Waals surface area contributed by atoms with E-state index in [2.05, 4.69) is 37.3 Å². The van der Waals surface area contributed by atoms with E-state index in [4.69, 9.17) is 0 Å². The van der Waals surface area contributed by atoms with Crippen molar-refractivity contribution in [1.29, 1.82) is 0 Å². The molecule has 2 rings (SSSR count). The molecule has 0 radical (unpaired) electrons. The van der Waals surface area contributed by atoms with Crippen LogP contribution in [0.2, 0.25) is 0 Å². The molecule has 0 atom stereocenters. The molecule has 0 bridgehead atoms. The quantitative estimate of drug-likeness (QED) is 0.689. The van der Waals surface area contributed by atoms with Crippen LogP contribution >= 0.6 is 0 Å². The summed E-state index contributed by atoms with van der Waals surface area (Å²) in [6.07, 6.45) is 8.62. The largest absolute Gasteiger partial charge is 0.207 e. The lowest BCUT2D eigenvalue weighted by Gasteiger charge is -2.02. The van der Waals surface area contributed by atoms with Gasteiger partial charge in [-0.1, -0.05) is 42.0 Å². The van der Waals surface area contributed by atoms with Crippen LogP contribution in [-0.2, 0) is 6.42 Å². The first-order chi connectivity index (χ1) is 7.74. The minimum Gasteiger partial charge on any atom is -0.207 e. The van der Waals surface area contributed by atoms with E-state index in [1.807, 2.05) is 6.08 Å². The zero-order valence-electron chi connectivity index (χ0n) is 9.41. The van der Waals surface area contributed by atoms with Gasteiger partial charge in [-0.25, -0.2) is 4.39 Å². The second kappa shape index (κ2) is 4.93. The predicted octanol–water partition coefficient (Wildman–Crippen LogP) is 4.28. The molecule has 1 aromatic rings. The number of allylic oxidation sites excluding steroid dienone is 6. The van der Waals surface area contributed by atoms with Gasteiger partial charge in [0, 0.05) is 0 Å². The highest BCUT2D eigenvalue weighted by molar-refractivity contribution is 5.34. The zero-order chi connectivity index (χ0) is 11.4. The van der Waals surface area contributed by atoms with Crippen molar-refractivity contribution >= 4 is 0 Å². The fourth-order valence-corrected chi connectivity index (χ4v) is 1.72. The van der Waals surface area contributed by atoms with Crippen molar-refractivity contribution in [1.82, 2.24) is 0 Å². The zero-order valence-corrected chi connectivity index (χ0v) is 9.41. The topological polar surface area (TPSA) is 0 Å². The maximum atomic E-state index is 12.9. The van der Waals surface area contributed by atoms with Gasteiger partial charge in [0.25, 0.3) is 0 Å². The van der Waals surface area contributed by atoms with Crippen LogP contribution in [0.4, 0.5) is 4.39 Å². The molecule has 0 heterocycles. The highest BCUT2D eigenvalue weighted by Gasteiger charge is 1.99. The van der Waals surface area contributed by atoms with E-state index >= 15 is 0 Å². The maximum absolute atomic E-state index is 12.9. The van der Waals surface area contributed by atoms with Crippen LogP contribution in [-0.4, -0.2) is 0 Å². The fourth-order valence-electron chi connectivity index (χ4n) is 1.72. The third-order valence-corrected chi connectivity index (χ3v) is 2.68. The molecule has 0 fully saturated rings. The molecule has 0 N–H and O–H groups in total. The number of hydrogen-bond acceptors (Lipinski definition) is 0. The number of rotatable bonds is 2. The van der Waals surface area contributed by atoms with Gasteiger partial charge in [0.2, 0.25) is 0 Å². The smallest absolute Gasteiger partial charge is 0.119 e. The van der Waals surface area contributed by atoms with Crippen LogP contribution in [0.3, 0.4) is 0 Å². The van der Waals surface area contributed by atoms with Crippen LogP contribution < -0.4 is 0 Å². The highest BCUT2D eigenvalue weighted by atomic mass is 19.1. The first-order valence-corrected chi connectivity index (χ1v) is 5.52. The fraction of sp³-hybridized carbons (Fsp3) is 0.200. The van der Waals surface area contributed by atoms with Crippen LogP contribution in [0.25, 0.3) is 0 Å². The van der Waals surface area contributed by atoms with E-state index in [9.17, 15) is 4.39 Å². The molecule has 1 heteroatoms.